The molecule has 0 radical (unpaired) electrons. The number of halogens is 4. The van der Waals surface area contributed by atoms with Crippen LogP contribution in [0.15, 0.2) is 29.2 Å². The number of carbonyl (C=O) groups excluding carboxylic acids is 1. The van der Waals surface area contributed by atoms with Crippen LogP contribution in [0.4, 0.5) is 18.9 Å². The van der Waals surface area contributed by atoms with Crippen molar-refractivity contribution in [2.45, 2.75) is 28.6 Å². The SMILES string of the molecule is CCC(Br)C(=O)Nc1ccc(SC(F)(F)F)cc1. The summed E-state index contributed by atoms with van der Waals surface area (Å²) in [5.41, 5.74) is -3.82. The van der Waals surface area contributed by atoms with Gasteiger partial charge >= 0.3 is 5.51 Å². The molecule has 0 spiro atoms. The van der Waals surface area contributed by atoms with Gasteiger partial charge < -0.3 is 5.32 Å². The first-order valence-corrected chi connectivity index (χ1v) is 6.86. The largest absolute Gasteiger partial charge is 0.446 e. The maximum Gasteiger partial charge on any atom is 0.446 e. The number of rotatable bonds is 4. The van der Waals surface area contributed by atoms with E-state index in [2.05, 4.69) is 21.2 Å². The summed E-state index contributed by atoms with van der Waals surface area (Å²) in [7, 11) is 0. The van der Waals surface area contributed by atoms with E-state index < -0.39 is 5.51 Å². The van der Waals surface area contributed by atoms with Crippen molar-refractivity contribution in [1.82, 2.24) is 0 Å². The predicted octanol–water partition coefficient (Wildman–Crippen LogP) is 4.41. The quantitative estimate of drug-likeness (QED) is 0.649. The van der Waals surface area contributed by atoms with Gasteiger partial charge in [-0.15, -0.1) is 0 Å². The van der Waals surface area contributed by atoms with Crippen LogP contribution < -0.4 is 5.32 Å². The maximum atomic E-state index is 12.1. The van der Waals surface area contributed by atoms with E-state index in [-0.39, 0.29) is 27.4 Å². The van der Waals surface area contributed by atoms with Crippen molar-refractivity contribution in [1.29, 1.82) is 0 Å². The minimum absolute atomic E-state index is 0.0892. The van der Waals surface area contributed by atoms with Crippen molar-refractivity contribution >= 4 is 39.3 Å². The number of alkyl halides is 4. The Bertz CT molecular complexity index is 408. The van der Waals surface area contributed by atoms with Crippen LogP contribution >= 0.6 is 27.7 Å². The first-order valence-electron chi connectivity index (χ1n) is 5.12. The molecule has 1 N–H and O–H groups in total. The van der Waals surface area contributed by atoms with E-state index in [1.54, 1.807) is 0 Å². The molecule has 0 aliphatic rings. The summed E-state index contributed by atoms with van der Waals surface area (Å²) in [6.45, 7) is 1.85. The third-order valence-electron chi connectivity index (χ3n) is 2.00. The van der Waals surface area contributed by atoms with Crippen LogP contribution in [0, 0.1) is 0 Å². The van der Waals surface area contributed by atoms with Gasteiger partial charge in [-0.1, -0.05) is 22.9 Å². The predicted molar refractivity (Wildman–Crippen MR) is 70.0 cm³/mol. The van der Waals surface area contributed by atoms with Gasteiger partial charge in [0.05, 0.1) is 4.83 Å². The number of benzene rings is 1. The molecule has 0 aromatic heterocycles. The summed E-state index contributed by atoms with van der Waals surface area (Å²) in [5.74, 6) is -0.214. The number of anilines is 1. The lowest BCUT2D eigenvalue weighted by atomic mass is 10.3. The van der Waals surface area contributed by atoms with Gasteiger partial charge in [0.25, 0.3) is 0 Å². The van der Waals surface area contributed by atoms with Gasteiger partial charge in [0.15, 0.2) is 0 Å². The molecule has 0 saturated carbocycles. The van der Waals surface area contributed by atoms with Crippen molar-refractivity contribution < 1.29 is 18.0 Å². The molecule has 1 aromatic rings. The minimum Gasteiger partial charge on any atom is -0.325 e. The molecule has 1 aromatic carbocycles. The monoisotopic (exact) mass is 341 g/mol. The van der Waals surface area contributed by atoms with Crippen molar-refractivity contribution in [2.24, 2.45) is 0 Å². The molecule has 1 rings (SSSR count). The second-order valence-electron chi connectivity index (χ2n) is 3.44. The lowest BCUT2D eigenvalue weighted by Crippen LogP contribution is -2.21. The Morgan fingerprint density at radius 2 is 1.94 bits per heavy atom. The van der Waals surface area contributed by atoms with E-state index >= 15 is 0 Å². The fraction of sp³-hybridized carbons (Fsp3) is 0.364. The average molecular weight is 342 g/mol. The van der Waals surface area contributed by atoms with Crippen LogP contribution in [0.5, 0.6) is 0 Å². The van der Waals surface area contributed by atoms with E-state index in [0.717, 1.165) is 0 Å². The lowest BCUT2D eigenvalue weighted by molar-refractivity contribution is -0.115. The summed E-state index contributed by atoms with van der Waals surface area (Å²) >= 11 is 3.01. The topological polar surface area (TPSA) is 29.1 Å². The molecule has 1 atom stereocenters. The molecule has 1 unspecified atom stereocenters. The summed E-state index contributed by atoms with van der Waals surface area (Å²) in [5, 5.41) is 2.61. The van der Waals surface area contributed by atoms with Crippen molar-refractivity contribution in [2.75, 3.05) is 5.32 Å². The van der Waals surface area contributed by atoms with Crippen LogP contribution in [0.3, 0.4) is 0 Å². The lowest BCUT2D eigenvalue weighted by Gasteiger charge is -2.10. The van der Waals surface area contributed by atoms with Crippen molar-refractivity contribution in [3.05, 3.63) is 24.3 Å². The molecule has 0 bridgehead atoms. The molecular formula is C11H11BrF3NOS. The zero-order chi connectivity index (χ0) is 13.8. The highest BCUT2D eigenvalue weighted by atomic mass is 79.9. The van der Waals surface area contributed by atoms with Gasteiger partial charge in [0, 0.05) is 10.6 Å². The number of nitrogens with one attached hydrogen (secondary N) is 1. The Labute approximate surface area is 115 Å². The third-order valence-corrected chi connectivity index (χ3v) is 3.80. The van der Waals surface area contributed by atoms with Crippen LogP contribution in [-0.2, 0) is 4.79 Å². The molecule has 0 aliphatic heterocycles. The van der Waals surface area contributed by atoms with Crippen molar-refractivity contribution in [3.63, 3.8) is 0 Å². The first kappa shape index (κ1) is 15.4. The molecule has 18 heavy (non-hydrogen) atoms. The molecule has 0 fully saturated rings. The van der Waals surface area contributed by atoms with E-state index in [4.69, 9.17) is 0 Å². The molecule has 0 heterocycles. The maximum absolute atomic E-state index is 12.1. The van der Waals surface area contributed by atoms with Gasteiger partial charge in [-0.2, -0.15) is 13.2 Å². The number of amides is 1. The van der Waals surface area contributed by atoms with E-state index in [0.29, 0.717) is 12.1 Å². The fourth-order valence-corrected chi connectivity index (χ4v) is 1.80. The van der Waals surface area contributed by atoms with E-state index in [1.807, 2.05) is 6.92 Å². The standard InChI is InChI=1S/C11H11BrF3NOS/c1-2-9(12)10(17)16-7-3-5-8(6-4-7)18-11(13,14)15/h3-6,9H,2H2,1H3,(H,16,17). The molecule has 100 valence electrons. The van der Waals surface area contributed by atoms with E-state index in [9.17, 15) is 18.0 Å². The molecule has 0 aliphatic carbocycles. The number of carbonyl (C=O) groups is 1. The van der Waals surface area contributed by atoms with E-state index in [1.165, 1.54) is 24.3 Å². The fourth-order valence-electron chi connectivity index (χ4n) is 1.15. The Morgan fingerprint density at radius 3 is 2.39 bits per heavy atom. The highest BCUT2D eigenvalue weighted by molar-refractivity contribution is 9.10. The molecule has 0 saturated heterocycles. The first-order chi connectivity index (χ1) is 8.31. The Hall–Kier alpha value is -0.690. The van der Waals surface area contributed by atoms with Gasteiger partial charge in [0.2, 0.25) is 5.91 Å². The van der Waals surface area contributed by atoms with Crippen LogP contribution in [-0.4, -0.2) is 16.2 Å². The summed E-state index contributed by atoms with van der Waals surface area (Å²) < 4.78 is 36.3. The Morgan fingerprint density at radius 1 is 1.39 bits per heavy atom. The Kier molecular flexibility index (Phi) is 5.52. The van der Waals surface area contributed by atoms with Crippen molar-refractivity contribution in [3.8, 4) is 0 Å². The molecule has 2 nitrogen and oxygen atoms in total. The second kappa shape index (κ2) is 6.47. The molecule has 1 amide bonds. The normalized spacial score (nSPS) is 13.2. The second-order valence-corrected chi connectivity index (χ2v) is 5.68. The highest BCUT2D eigenvalue weighted by Gasteiger charge is 2.29. The van der Waals surface area contributed by atoms with Crippen LogP contribution in [0.1, 0.15) is 13.3 Å². The number of hydrogen-bond acceptors (Lipinski definition) is 2. The molecule has 7 heteroatoms. The zero-order valence-corrected chi connectivity index (χ0v) is 11.8. The summed E-state index contributed by atoms with van der Waals surface area (Å²) in [6.07, 6.45) is 0.633. The Balaban J connectivity index is 2.63. The van der Waals surface area contributed by atoms with Gasteiger partial charge in [-0.3, -0.25) is 4.79 Å². The van der Waals surface area contributed by atoms with Gasteiger partial charge in [-0.25, -0.2) is 0 Å². The van der Waals surface area contributed by atoms with Gasteiger partial charge in [0.1, 0.15) is 0 Å². The zero-order valence-electron chi connectivity index (χ0n) is 9.42. The van der Waals surface area contributed by atoms with Crippen LogP contribution in [0.2, 0.25) is 0 Å². The third kappa shape index (κ3) is 5.30. The smallest absolute Gasteiger partial charge is 0.325 e. The number of hydrogen-bond donors (Lipinski definition) is 1. The van der Waals surface area contributed by atoms with Gasteiger partial charge in [-0.05, 0) is 42.4 Å². The summed E-state index contributed by atoms with van der Waals surface area (Å²) in [4.78, 5) is 11.3. The summed E-state index contributed by atoms with van der Waals surface area (Å²) in [6, 6.07) is 5.54. The average Bonchev–Trinajstić information content (AvgIpc) is 2.28. The molecular weight excluding hydrogens is 331 g/mol. The van der Waals surface area contributed by atoms with Crippen LogP contribution in [0.25, 0.3) is 0 Å². The minimum atomic E-state index is -4.30. The highest BCUT2D eigenvalue weighted by Crippen LogP contribution is 2.37. The number of thioether (sulfide) groups is 1.